The van der Waals surface area contributed by atoms with Crippen LogP contribution in [-0.4, -0.2) is 54.3 Å². The molecule has 1 amide bonds. The first-order valence-electron chi connectivity index (χ1n) is 8.00. The van der Waals surface area contributed by atoms with E-state index in [-0.39, 0.29) is 5.91 Å². The summed E-state index contributed by atoms with van der Waals surface area (Å²) in [6.07, 6.45) is 3.35. The van der Waals surface area contributed by atoms with E-state index in [0.29, 0.717) is 33.6 Å². The Morgan fingerprint density at radius 1 is 1.35 bits per heavy atom. The van der Waals surface area contributed by atoms with Gasteiger partial charge >= 0.3 is 0 Å². The van der Waals surface area contributed by atoms with Crippen molar-refractivity contribution in [1.82, 2.24) is 34.3 Å². The molecule has 0 radical (unpaired) electrons. The van der Waals surface area contributed by atoms with Crippen LogP contribution >= 0.6 is 22.9 Å². The number of hydrogen-bond acceptors (Lipinski definition) is 6. The number of aromatic nitrogens is 6. The zero-order valence-corrected chi connectivity index (χ0v) is 16.3. The van der Waals surface area contributed by atoms with Crippen LogP contribution in [-0.2, 0) is 6.54 Å². The van der Waals surface area contributed by atoms with Crippen LogP contribution in [0.25, 0.3) is 27.4 Å². The number of rotatable bonds is 3. The van der Waals surface area contributed by atoms with Gasteiger partial charge in [0.1, 0.15) is 11.2 Å². The number of thiophene rings is 1. The summed E-state index contributed by atoms with van der Waals surface area (Å²) >= 11 is 7.64. The number of carbonyl (C=O) groups is 1. The monoisotopic (exact) mass is 389 g/mol. The Bertz CT molecular complexity index is 1160. The lowest BCUT2D eigenvalue weighted by atomic mass is 10.2. The Labute approximate surface area is 158 Å². The standard InChI is InChI=1S/C16H16ClN7OS/c1-5-23-6-9(17)11(20-23)13-19-14-10-8(2)12(16(25)22(3)4)26-15(10)18-7-24(14)21-13/h6-7H,5H2,1-4H3. The van der Waals surface area contributed by atoms with Gasteiger partial charge in [0.2, 0.25) is 5.82 Å². The Hall–Kier alpha value is -2.52. The molecule has 0 unspecified atom stereocenters. The third-order valence-electron chi connectivity index (χ3n) is 4.12. The molecule has 0 aliphatic carbocycles. The van der Waals surface area contributed by atoms with E-state index < -0.39 is 0 Å². The summed E-state index contributed by atoms with van der Waals surface area (Å²) in [5.74, 6) is 0.385. The van der Waals surface area contributed by atoms with Crippen LogP contribution < -0.4 is 0 Å². The minimum Gasteiger partial charge on any atom is -0.344 e. The summed E-state index contributed by atoms with van der Waals surface area (Å²) in [6, 6.07) is 0. The third kappa shape index (κ3) is 2.46. The third-order valence-corrected chi connectivity index (χ3v) is 5.59. The van der Waals surface area contributed by atoms with Gasteiger partial charge in [-0.3, -0.25) is 9.48 Å². The second-order valence-electron chi connectivity index (χ2n) is 6.07. The van der Waals surface area contributed by atoms with Crippen LogP contribution in [0.15, 0.2) is 12.5 Å². The second kappa shape index (κ2) is 6.03. The quantitative estimate of drug-likeness (QED) is 0.538. The fraction of sp³-hybridized carbons (Fsp3) is 0.312. The van der Waals surface area contributed by atoms with Gasteiger partial charge in [-0.15, -0.1) is 16.4 Å². The molecule has 8 nitrogen and oxygen atoms in total. The normalized spacial score (nSPS) is 11.6. The summed E-state index contributed by atoms with van der Waals surface area (Å²) in [5, 5.41) is 10.2. The van der Waals surface area contributed by atoms with E-state index in [9.17, 15) is 4.79 Å². The summed E-state index contributed by atoms with van der Waals surface area (Å²) < 4.78 is 3.34. The van der Waals surface area contributed by atoms with E-state index in [1.54, 1.807) is 40.7 Å². The van der Waals surface area contributed by atoms with E-state index >= 15 is 0 Å². The van der Waals surface area contributed by atoms with Crippen molar-refractivity contribution >= 4 is 44.7 Å². The first-order valence-corrected chi connectivity index (χ1v) is 9.19. The van der Waals surface area contributed by atoms with Gasteiger partial charge in [-0.2, -0.15) is 5.10 Å². The molecule has 26 heavy (non-hydrogen) atoms. The molecule has 0 N–H and O–H groups in total. The first-order chi connectivity index (χ1) is 12.4. The van der Waals surface area contributed by atoms with Gasteiger partial charge < -0.3 is 4.90 Å². The maximum Gasteiger partial charge on any atom is 0.263 e. The Balaban J connectivity index is 1.94. The van der Waals surface area contributed by atoms with Gasteiger partial charge in [0.25, 0.3) is 5.91 Å². The molecule has 10 heteroatoms. The molecule has 4 aromatic heterocycles. The predicted molar refractivity (Wildman–Crippen MR) is 101 cm³/mol. The van der Waals surface area contributed by atoms with Crippen molar-refractivity contribution in [1.29, 1.82) is 0 Å². The van der Waals surface area contributed by atoms with Crippen molar-refractivity contribution in [3.8, 4) is 11.5 Å². The topological polar surface area (TPSA) is 81.2 Å². The van der Waals surface area contributed by atoms with Gasteiger partial charge in [0.05, 0.1) is 15.3 Å². The zero-order chi connectivity index (χ0) is 18.6. The fourth-order valence-electron chi connectivity index (χ4n) is 2.75. The fourth-order valence-corrected chi connectivity index (χ4v) is 4.15. The Morgan fingerprint density at radius 3 is 2.77 bits per heavy atom. The number of amides is 1. The molecule has 134 valence electrons. The minimum absolute atomic E-state index is 0.0480. The van der Waals surface area contributed by atoms with Crippen LogP contribution in [0.5, 0.6) is 0 Å². The lowest BCUT2D eigenvalue weighted by Crippen LogP contribution is -2.21. The number of halogens is 1. The average Bonchev–Trinajstić information content (AvgIpc) is 3.28. The number of hydrogen-bond donors (Lipinski definition) is 0. The molecule has 4 rings (SSSR count). The highest BCUT2D eigenvalue weighted by Crippen LogP contribution is 2.33. The van der Waals surface area contributed by atoms with Crippen LogP contribution in [0.1, 0.15) is 22.2 Å². The van der Waals surface area contributed by atoms with E-state index in [0.717, 1.165) is 15.8 Å². The van der Waals surface area contributed by atoms with Gasteiger partial charge in [0, 0.05) is 26.8 Å². The zero-order valence-electron chi connectivity index (χ0n) is 14.7. The number of fused-ring (bicyclic) bond motifs is 3. The molecule has 0 atom stereocenters. The smallest absolute Gasteiger partial charge is 0.263 e. The van der Waals surface area contributed by atoms with E-state index in [4.69, 9.17) is 11.6 Å². The number of carbonyl (C=O) groups excluding carboxylic acids is 1. The molecule has 0 aliphatic rings. The minimum atomic E-state index is -0.0480. The molecule has 0 spiro atoms. The van der Waals surface area contributed by atoms with Gasteiger partial charge in [-0.25, -0.2) is 14.5 Å². The largest absolute Gasteiger partial charge is 0.344 e. The Morgan fingerprint density at radius 2 is 2.12 bits per heavy atom. The second-order valence-corrected chi connectivity index (χ2v) is 7.47. The highest BCUT2D eigenvalue weighted by atomic mass is 35.5. The van der Waals surface area contributed by atoms with Crippen LogP contribution in [0.3, 0.4) is 0 Å². The van der Waals surface area contributed by atoms with Crippen molar-refractivity contribution in [3.05, 3.63) is 28.0 Å². The highest BCUT2D eigenvalue weighted by molar-refractivity contribution is 7.20. The lowest BCUT2D eigenvalue weighted by molar-refractivity contribution is 0.0831. The van der Waals surface area contributed by atoms with Crippen molar-refractivity contribution in [2.24, 2.45) is 0 Å². The lowest BCUT2D eigenvalue weighted by Gasteiger charge is -2.08. The highest BCUT2D eigenvalue weighted by Gasteiger charge is 2.22. The summed E-state index contributed by atoms with van der Waals surface area (Å²) in [7, 11) is 3.47. The van der Waals surface area contributed by atoms with Crippen LogP contribution in [0.2, 0.25) is 5.02 Å². The first kappa shape index (κ1) is 16.9. The molecule has 4 aromatic rings. The molecular weight excluding hydrogens is 374 g/mol. The predicted octanol–water partition coefficient (Wildman–Crippen LogP) is 2.89. The molecule has 0 saturated heterocycles. The summed E-state index contributed by atoms with van der Waals surface area (Å²) in [6.45, 7) is 4.60. The number of aryl methyl sites for hydroxylation is 2. The molecule has 4 heterocycles. The van der Waals surface area contributed by atoms with Crippen LogP contribution in [0.4, 0.5) is 0 Å². The van der Waals surface area contributed by atoms with Crippen LogP contribution in [0, 0.1) is 6.92 Å². The molecule has 0 bridgehead atoms. The molecular formula is C16H16ClN7OS. The summed E-state index contributed by atoms with van der Waals surface area (Å²) in [4.78, 5) is 24.4. The average molecular weight is 390 g/mol. The van der Waals surface area contributed by atoms with E-state index in [2.05, 4.69) is 20.2 Å². The van der Waals surface area contributed by atoms with E-state index in [1.165, 1.54) is 11.3 Å². The SMILES string of the molecule is CCn1cc(Cl)c(-c2nc3c4c(C)c(C(=O)N(C)C)sc4ncn3n2)n1. The van der Waals surface area contributed by atoms with Crippen molar-refractivity contribution in [2.75, 3.05) is 14.1 Å². The molecule has 0 saturated carbocycles. The molecule has 0 aliphatic heterocycles. The van der Waals surface area contributed by atoms with Gasteiger partial charge in [-0.05, 0) is 19.4 Å². The van der Waals surface area contributed by atoms with Gasteiger partial charge in [-0.1, -0.05) is 11.6 Å². The van der Waals surface area contributed by atoms with Crippen molar-refractivity contribution in [3.63, 3.8) is 0 Å². The van der Waals surface area contributed by atoms with Gasteiger partial charge in [0.15, 0.2) is 11.3 Å². The van der Waals surface area contributed by atoms with Crippen molar-refractivity contribution in [2.45, 2.75) is 20.4 Å². The summed E-state index contributed by atoms with van der Waals surface area (Å²) in [5.41, 5.74) is 2.02. The maximum absolute atomic E-state index is 12.4. The van der Waals surface area contributed by atoms with Crippen molar-refractivity contribution < 1.29 is 4.79 Å². The number of nitrogens with zero attached hydrogens (tertiary/aromatic N) is 7. The van der Waals surface area contributed by atoms with E-state index in [1.807, 2.05) is 13.8 Å². The Kier molecular flexibility index (Phi) is 3.92. The molecule has 0 aromatic carbocycles. The maximum atomic E-state index is 12.4. The molecule has 0 fully saturated rings.